The molecular weight excluding hydrogens is 195 g/mol. The quantitative estimate of drug-likeness (QED) is 0.502. The molecule has 0 amide bonds. The molecule has 0 saturated heterocycles. The summed E-state index contributed by atoms with van der Waals surface area (Å²) in [6.45, 7) is 2.66. The molecule has 0 radical (unpaired) electrons. The van der Waals surface area contributed by atoms with Crippen LogP contribution in [0.2, 0.25) is 0 Å². The zero-order chi connectivity index (χ0) is 10.3. The molecule has 0 aromatic carbocycles. The van der Waals surface area contributed by atoms with Gasteiger partial charge in [-0.25, -0.2) is 4.39 Å². The second-order valence-electron chi connectivity index (χ2n) is 2.39. The van der Waals surface area contributed by atoms with Gasteiger partial charge in [-0.15, -0.1) is 0 Å². The van der Waals surface area contributed by atoms with Crippen molar-refractivity contribution in [3.8, 4) is 0 Å². The van der Waals surface area contributed by atoms with E-state index in [1.165, 1.54) is 0 Å². The second kappa shape index (κ2) is 2.71. The van der Waals surface area contributed by atoms with Gasteiger partial charge in [-0.2, -0.15) is 17.6 Å². The van der Waals surface area contributed by atoms with Gasteiger partial charge in [0.1, 0.15) is 6.61 Å². The minimum absolute atomic E-state index is 0.436. The van der Waals surface area contributed by atoms with Crippen LogP contribution in [0.15, 0.2) is 24.2 Å². The third kappa shape index (κ3) is 1.12. The van der Waals surface area contributed by atoms with Gasteiger partial charge in [-0.3, -0.25) is 0 Å². The van der Waals surface area contributed by atoms with Crippen LogP contribution >= 0.6 is 0 Å². The van der Waals surface area contributed by atoms with Crippen LogP contribution in [-0.2, 0) is 4.74 Å². The number of rotatable bonds is 3. The standard InChI is InChI=1S/C7H5F5O/c1-2-3-13-5-4(8)6(9,10)7(5,11)12/h2H,1,3H2. The van der Waals surface area contributed by atoms with Gasteiger partial charge >= 0.3 is 11.8 Å². The fourth-order valence-electron chi connectivity index (χ4n) is 0.795. The summed E-state index contributed by atoms with van der Waals surface area (Å²) in [5, 5.41) is 0. The lowest BCUT2D eigenvalue weighted by Gasteiger charge is -2.35. The monoisotopic (exact) mass is 200 g/mol. The Balaban J connectivity index is 2.86. The highest BCUT2D eigenvalue weighted by atomic mass is 19.3. The van der Waals surface area contributed by atoms with Gasteiger partial charge in [0.05, 0.1) is 0 Å². The summed E-state index contributed by atoms with van der Waals surface area (Å²) in [5.41, 5.74) is 0. The molecular formula is C7H5F5O. The average molecular weight is 200 g/mol. The van der Waals surface area contributed by atoms with Gasteiger partial charge in [0.25, 0.3) is 0 Å². The Morgan fingerprint density at radius 3 is 2.15 bits per heavy atom. The second-order valence-corrected chi connectivity index (χ2v) is 2.39. The summed E-state index contributed by atoms with van der Waals surface area (Å²) in [5.74, 6) is -13.1. The molecule has 6 heteroatoms. The SMILES string of the molecule is C=CCOC1=C(F)C(F)(F)C1(F)F. The van der Waals surface area contributed by atoms with Crippen LogP contribution in [0, 0.1) is 0 Å². The van der Waals surface area contributed by atoms with E-state index in [4.69, 9.17) is 0 Å². The first-order chi connectivity index (χ1) is 5.85. The third-order valence-electron chi connectivity index (χ3n) is 1.50. The largest absolute Gasteiger partial charge is 0.485 e. The summed E-state index contributed by atoms with van der Waals surface area (Å²) < 4.78 is 65.2. The van der Waals surface area contributed by atoms with E-state index < -0.39 is 30.0 Å². The van der Waals surface area contributed by atoms with Crippen LogP contribution in [0.1, 0.15) is 0 Å². The van der Waals surface area contributed by atoms with Crippen molar-refractivity contribution < 1.29 is 26.7 Å². The minimum atomic E-state index is -4.73. The topological polar surface area (TPSA) is 9.23 Å². The van der Waals surface area contributed by atoms with E-state index in [2.05, 4.69) is 11.3 Å². The van der Waals surface area contributed by atoms with E-state index in [0.29, 0.717) is 0 Å². The fourth-order valence-corrected chi connectivity index (χ4v) is 0.795. The number of allylic oxidation sites excluding steroid dienone is 2. The van der Waals surface area contributed by atoms with Crippen LogP contribution in [0.5, 0.6) is 0 Å². The number of halogens is 5. The van der Waals surface area contributed by atoms with Crippen molar-refractivity contribution in [2.45, 2.75) is 11.8 Å². The summed E-state index contributed by atoms with van der Waals surface area (Å²) in [4.78, 5) is 0. The van der Waals surface area contributed by atoms with Crippen LogP contribution < -0.4 is 0 Å². The van der Waals surface area contributed by atoms with E-state index in [9.17, 15) is 22.0 Å². The van der Waals surface area contributed by atoms with Crippen molar-refractivity contribution in [1.82, 2.24) is 0 Å². The normalized spacial score (nSPS) is 23.8. The molecule has 0 N–H and O–H groups in total. The molecule has 0 saturated carbocycles. The molecule has 0 spiro atoms. The molecule has 0 aromatic rings. The molecule has 1 aliphatic rings. The van der Waals surface area contributed by atoms with Gasteiger partial charge in [0.2, 0.25) is 11.6 Å². The molecule has 1 rings (SSSR count). The average Bonchev–Trinajstić information content (AvgIpc) is 2.04. The molecule has 74 valence electrons. The maximum atomic E-state index is 12.3. The zero-order valence-corrected chi connectivity index (χ0v) is 6.29. The highest BCUT2D eigenvalue weighted by molar-refractivity contribution is 5.35. The summed E-state index contributed by atoms with van der Waals surface area (Å²) in [6.07, 6.45) is 1.05. The summed E-state index contributed by atoms with van der Waals surface area (Å²) >= 11 is 0. The third-order valence-corrected chi connectivity index (χ3v) is 1.50. The van der Waals surface area contributed by atoms with Crippen LogP contribution in [0.3, 0.4) is 0 Å². The number of ether oxygens (including phenoxy) is 1. The molecule has 0 aliphatic heterocycles. The van der Waals surface area contributed by atoms with Gasteiger partial charge in [0.15, 0.2) is 0 Å². The number of alkyl halides is 4. The Bertz CT molecular complexity index is 268. The highest BCUT2D eigenvalue weighted by Gasteiger charge is 2.74. The highest BCUT2D eigenvalue weighted by Crippen LogP contribution is 2.56. The van der Waals surface area contributed by atoms with Gasteiger partial charge < -0.3 is 4.74 Å². The molecule has 13 heavy (non-hydrogen) atoms. The Kier molecular flexibility index (Phi) is 2.09. The number of hydrogen-bond donors (Lipinski definition) is 0. The zero-order valence-electron chi connectivity index (χ0n) is 6.29. The maximum absolute atomic E-state index is 12.3. The molecule has 0 unspecified atom stereocenters. The number of hydrogen-bond acceptors (Lipinski definition) is 1. The van der Waals surface area contributed by atoms with Crippen molar-refractivity contribution in [2.24, 2.45) is 0 Å². The smallest absolute Gasteiger partial charge is 0.375 e. The molecule has 0 heterocycles. The lowest BCUT2D eigenvalue weighted by Crippen LogP contribution is -2.53. The van der Waals surface area contributed by atoms with E-state index in [-0.39, 0.29) is 0 Å². The van der Waals surface area contributed by atoms with E-state index in [0.717, 1.165) is 6.08 Å². The Hall–Kier alpha value is -1.07. The lowest BCUT2D eigenvalue weighted by atomic mass is 9.96. The molecule has 1 nitrogen and oxygen atoms in total. The molecule has 0 bridgehead atoms. The first kappa shape index (κ1) is 10.0. The summed E-state index contributed by atoms with van der Waals surface area (Å²) in [7, 11) is 0. The fraction of sp³-hybridized carbons (Fsp3) is 0.429. The molecule has 0 aromatic heterocycles. The lowest BCUT2D eigenvalue weighted by molar-refractivity contribution is -0.230. The van der Waals surface area contributed by atoms with Crippen molar-refractivity contribution in [1.29, 1.82) is 0 Å². The first-order valence-corrected chi connectivity index (χ1v) is 3.25. The maximum Gasteiger partial charge on any atom is 0.375 e. The summed E-state index contributed by atoms with van der Waals surface area (Å²) in [6, 6.07) is 0. The Morgan fingerprint density at radius 2 is 1.77 bits per heavy atom. The van der Waals surface area contributed by atoms with E-state index >= 15 is 0 Å². The van der Waals surface area contributed by atoms with Gasteiger partial charge in [0, 0.05) is 0 Å². The molecule has 0 fully saturated rings. The molecule has 0 atom stereocenters. The van der Waals surface area contributed by atoms with E-state index in [1.54, 1.807) is 0 Å². The van der Waals surface area contributed by atoms with Crippen molar-refractivity contribution >= 4 is 0 Å². The predicted molar refractivity (Wildman–Crippen MR) is 34.2 cm³/mol. The molecule has 1 aliphatic carbocycles. The van der Waals surface area contributed by atoms with Crippen LogP contribution in [0.25, 0.3) is 0 Å². The van der Waals surface area contributed by atoms with Crippen LogP contribution in [-0.4, -0.2) is 18.5 Å². The van der Waals surface area contributed by atoms with Crippen molar-refractivity contribution in [3.63, 3.8) is 0 Å². The van der Waals surface area contributed by atoms with Crippen molar-refractivity contribution in [2.75, 3.05) is 6.61 Å². The van der Waals surface area contributed by atoms with Gasteiger partial charge in [-0.1, -0.05) is 12.7 Å². The predicted octanol–water partition coefficient (Wildman–Crippen LogP) is 2.65. The minimum Gasteiger partial charge on any atom is -0.485 e. The first-order valence-electron chi connectivity index (χ1n) is 3.25. The Morgan fingerprint density at radius 1 is 1.23 bits per heavy atom. The van der Waals surface area contributed by atoms with Gasteiger partial charge in [-0.05, 0) is 0 Å². The van der Waals surface area contributed by atoms with Crippen molar-refractivity contribution in [3.05, 3.63) is 24.2 Å². The van der Waals surface area contributed by atoms with Crippen LogP contribution in [0.4, 0.5) is 22.0 Å². The Labute approximate surface area is 70.5 Å². The van der Waals surface area contributed by atoms with E-state index in [1.807, 2.05) is 0 Å².